The van der Waals surface area contributed by atoms with Crippen LogP contribution in [-0.4, -0.2) is 61.6 Å². The first-order chi connectivity index (χ1) is 15.0. The molecule has 2 aromatic heterocycles. The zero-order chi connectivity index (χ0) is 23.9. The van der Waals surface area contributed by atoms with E-state index in [2.05, 4.69) is 94.2 Å². The van der Waals surface area contributed by atoms with Crippen LogP contribution < -0.4 is 25.8 Å². The van der Waals surface area contributed by atoms with Gasteiger partial charge >= 0.3 is 11.9 Å². The summed E-state index contributed by atoms with van der Waals surface area (Å²) in [5.41, 5.74) is -0.141. The van der Waals surface area contributed by atoms with E-state index in [1.54, 1.807) is 11.8 Å². The van der Waals surface area contributed by atoms with E-state index in [1.807, 2.05) is 12.5 Å². The van der Waals surface area contributed by atoms with Crippen LogP contribution in [0.1, 0.15) is 48.5 Å². The second kappa shape index (κ2) is 11.7. The average Bonchev–Trinajstić information content (AvgIpc) is 2.66. The van der Waals surface area contributed by atoms with Gasteiger partial charge in [0.15, 0.2) is 5.16 Å². The molecule has 0 fully saturated rings. The van der Waals surface area contributed by atoms with E-state index >= 15 is 0 Å². The van der Waals surface area contributed by atoms with Crippen molar-refractivity contribution in [2.75, 3.05) is 40.3 Å². The maximum Gasteiger partial charge on any atom is 0.352 e. The molecule has 0 aliphatic carbocycles. The third kappa shape index (κ3) is 8.45. The van der Waals surface area contributed by atoms with Crippen LogP contribution in [0.15, 0.2) is 10.3 Å². The molecule has 4 N–H and O–H groups in total. The van der Waals surface area contributed by atoms with Gasteiger partial charge in [-0.05, 0) is 61.0 Å². The predicted molar refractivity (Wildman–Crippen MR) is 135 cm³/mol. The predicted octanol–water partition coefficient (Wildman–Crippen LogP) is 3.36. The van der Waals surface area contributed by atoms with Crippen molar-refractivity contribution in [1.29, 1.82) is 0 Å². The third-order valence-corrected chi connectivity index (χ3v) is 5.05. The minimum absolute atomic E-state index is 0.141. The summed E-state index contributed by atoms with van der Waals surface area (Å²) in [6, 6.07) is 0.490. The highest BCUT2D eigenvalue weighted by atomic mass is 32.2. The fraction of sp³-hybridized carbons (Fsp3) is 0.700. The van der Waals surface area contributed by atoms with Gasteiger partial charge in [-0.1, -0.05) is 33.5 Å². The Hall–Kier alpha value is -2.08. The lowest BCUT2D eigenvalue weighted by Gasteiger charge is -2.21. The summed E-state index contributed by atoms with van der Waals surface area (Å²) in [6.07, 6.45) is 3.97. The van der Waals surface area contributed by atoms with Gasteiger partial charge in [0.05, 0.1) is 12.6 Å². The van der Waals surface area contributed by atoms with Crippen molar-refractivity contribution in [3.8, 4) is 0 Å². The normalized spacial score (nSPS) is 11.7. The minimum Gasteiger partial charge on any atom is -0.351 e. The SMILES string of the molecule is CSc1nc(NCC[n+]2c(NC(C)C)nc(NC(C)C)nc2SC)nc(NC(C)(C)C)n1. The van der Waals surface area contributed by atoms with Gasteiger partial charge in [0.2, 0.25) is 11.9 Å². The number of nitrogens with one attached hydrogen (secondary N) is 4. The van der Waals surface area contributed by atoms with Gasteiger partial charge in [-0.2, -0.15) is 15.0 Å². The molecule has 0 saturated carbocycles. The number of aromatic nitrogens is 6. The van der Waals surface area contributed by atoms with Crippen molar-refractivity contribution in [3.63, 3.8) is 0 Å². The maximum absolute atomic E-state index is 4.70. The second-order valence-corrected chi connectivity index (χ2v) is 10.4. The van der Waals surface area contributed by atoms with E-state index in [4.69, 9.17) is 4.98 Å². The van der Waals surface area contributed by atoms with Gasteiger partial charge in [-0.15, -0.1) is 0 Å². The molecular weight excluding hydrogens is 444 g/mol. The Bertz CT molecular complexity index is 883. The fourth-order valence-corrected chi connectivity index (χ4v) is 3.60. The summed E-state index contributed by atoms with van der Waals surface area (Å²) >= 11 is 3.08. The summed E-state index contributed by atoms with van der Waals surface area (Å²) in [5.74, 6) is 2.50. The van der Waals surface area contributed by atoms with Crippen LogP contribution in [0.5, 0.6) is 0 Å². The third-order valence-electron chi connectivity index (χ3n) is 3.82. The molecule has 2 aromatic rings. The Balaban J connectivity index is 2.23. The summed E-state index contributed by atoms with van der Waals surface area (Å²) in [7, 11) is 0. The van der Waals surface area contributed by atoms with E-state index in [0.29, 0.717) is 36.1 Å². The second-order valence-electron chi connectivity index (χ2n) is 8.88. The Labute approximate surface area is 200 Å². The van der Waals surface area contributed by atoms with Crippen molar-refractivity contribution in [2.24, 2.45) is 0 Å². The van der Waals surface area contributed by atoms with Crippen molar-refractivity contribution in [3.05, 3.63) is 0 Å². The van der Waals surface area contributed by atoms with Crippen LogP contribution in [-0.2, 0) is 6.54 Å². The van der Waals surface area contributed by atoms with Crippen molar-refractivity contribution in [2.45, 2.75) is 82.9 Å². The summed E-state index contributed by atoms with van der Waals surface area (Å²) < 4.78 is 2.08. The lowest BCUT2D eigenvalue weighted by atomic mass is 10.1. The quantitative estimate of drug-likeness (QED) is 0.279. The highest BCUT2D eigenvalue weighted by Crippen LogP contribution is 2.17. The lowest BCUT2D eigenvalue weighted by Crippen LogP contribution is -2.45. The van der Waals surface area contributed by atoms with Gasteiger partial charge in [-0.25, -0.2) is 4.57 Å². The number of nitrogens with zero attached hydrogens (tertiary/aromatic N) is 6. The molecule has 0 aliphatic rings. The van der Waals surface area contributed by atoms with Crippen LogP contribution in [0.25, 0.3) is 0 Å². The smallest absolute Gasteiger partial charge is 0.351 e. The molecular formula is C20H37N10S2+. The Morgan fingerprint density at radius 1 is 0.812 bits per heavy atom. The van der Waals surface area contributed by atoms with Crippen LogP contribution in [0, 0.1) is 0 Å². The van der Waals surface area contributed by atoms with Crippen LogP contribution in [0.2, 0.25) is 0 Å². The van der Waals surface area contributed by atoms with E-state index in [-0.39, 0.29) is 17.6 Å². The topological polar surface area (TPSA) is 116 Å². The first-order valence-corrected chi connectivity index (χ1v) is 13.2. The molecule has 0 aliphatic heterocycles. The first-order valence-electron chi connectivity index (χ1n) is 10.7. The van der Waals surface area contributed by atoms with Crippen LogP contribution in [0.3, 0.4) is 0 Å². The molecule has 0 bridgehead atoms. The molecule has 178 valence electrons. The first kappa shape index (κ1) is 26.2. The molecule has 10 nitrogen and oxygen atoms in total. The minimum atomic E-state index is -0.141. The standard InChI is InChI=1S/C20H36N10S2/c1-12(2)22-15-25-17(23-13(3)4)30(19(28-15)32-9)11-10-21-14-24-16(29-20(5,6)7)27-18(26-14)31-8/h12-13H,10-11H2,1-9H3,(H3,21,22,23,24,25,26,27,29)/p+1. The van der Waals surface area contributed by atoms with Crippen LogP contribution in [0.4, 0.5) is 23.8 Å². The number of hydrogen-bond donors (Lipinski definition) is 4. The van der Waals surface area contributed by atoms with Gasteiger partial charge in [0.1, 0.15) is 0 Å². The molecule has 12 heteroatoms. The Morgan fingerprint density at radius 3 is 2.03 bits per heavy atom. The summed E-state index contributed by atoms with van der Waals surface area (Å²) in [4.78, 5) is 22.9. The van der Waals surface area contributed by atoms with E-state index in [9.17, 15) is 0 Å². The molecule has 0 unspecified atom stereocenters. The summed E-state index contributed by atoms with van der Waals surface area (Å²) in [6.45, 7) is 15.8. The molecule has 0 atom stereocenters. The maximum atomic E-state index is 4.70. The molecule has 2 rings (SSSR count). The van der Waals surface area contributed by atoms with Crippen molar-refractivity contribution in [1.82, 2.24) is 24.9 Å². The molecule has 32 heavy (non-hydrogen) atoms. The Kier molecular flexibility index (Phi) is 9.56. The fourth-order valence-electron chi connectivity index (χ4n) is 2.67. The van der Waals surface area contributed by atoms with Crippen molar-refractivity contribution >= 4 is 47.3 Å². The van der Waals surface area contributed by atoms with Gasteiger partial charge in [0, 0.05) is 18.1 Å². The Morgan fingerprint density at radius 2 is 1.47 bits per heavy atom. The van der Waals surface area contributed by atoms with Crippen molar-refractivity contribution < 1.29 is 4.57 Å². The van der Waals surface area contributed by atoms with E-state index in [1.165, 1.54) is 11.8 Å². The highest BCUT2D eigenvalue weighted by molar-refractivity contribution is 7.98. The lowest BCUT2D eigenvalue weighted by molar-refractivity contribution is -0.723. The molecule has 2 heterocycles. The molecule has 0 aromatic carbocycles. The monoisotopic (exact) mass is 481 g/mol. The van der Waals surface area contributed by atoms with Gasteiger partial charge in [-0.3, -0.25) is 5.32 Å². The molecule has 0 amide bonds. The largest absolute Gasteiger partial charge is 0.352 e. The number of hydrogen-bond acceptors (Lipinski definition) is 11. The summed E-state index contributed by atoms with van der Waals surface area (Å²) in [5, 5.41) is 14.9. The molecule has 0 radical (unpaired) electrons. The number of thioether (sulfide) groups is 2. The number of rotatable bonds is 11. The van der Waals surface area contributed by atoms with Gasteiger partial charge < -0.3 is 16.0 Å². The zero-order valence-corrected chi connectivity index (χ0v) is 22.2. The van der Waals surface area contributed by atoms with E-state index in [0.717, 1.165) is 11.1 Å². The number of anilines is 4. The molecule has 0 saturated heterocycles. The molecule has 0 spiro atoms. The average molecular weight is 482 g/mol. The zero-order valence-electron chi connectivity index (χ0n) is 20.6. The van der Waals surface area contributed by atoms with E-state index < -0.39 is 0 Å². The van der Waals surface area contributed by atoms with Crippen LogP contribution >= 0.6 is 23.5 Å². The van der Waals surface area contributed by atoms with Gasteiger partial charge in [0.25, 0.3) is 5.16 Å². The highest BCUT2D eigenvalue weighted by Gasteiger charge is 2.22.